The van der Waals surface area contributed by atoms with E-state index < -0.39 is 0 Å². The first kappa shape index (κ1) is 19.7. The van der Waals surface area contributed by atoms with Gasteiger partial charge in [-0.3, -0.25) is 4.79 Å². The van der Waals surface area contributed by atoms with Gasteiger partial charge in [-0.2, -0.15) is 5.10 Å². The van der Waals surface area contributed by atoms with E-state index >= 15 is 0 Å². The lowest BCUT2D eigenvalue weighted by Crippen LogP contribution is -2.20. The number of aryl methyl sites for hydroxylation is 3. The summed E-state index contributed by atoms with van der Waals surface area (Å²) in [5.74, 6) is -0.0813. The second-order valence-electron chi connectivity index (χ2n) is 8.78. The number of hydrogen-bond acceptors (Lipinski definition) is 2. The van der Waals surface area contributed by atoms with Crippen LogP contribution < -0.4 is 5.43 Å². The molecule has 162 valence electrons. The molecule has 5 aromatic rings. The van der Waals surface area contributed by atoms with Gasteiger partial charge in [-0.15, -0.1) is 0 Å². The summed E-state index contributed by atoms with van der Waals surface area (Å²) in [6.45, 7) is 2.57. The maximum absolute atomic E-state index is 12.7. The van der Waals surface area contributed by atoms with Gasteiger partial charge < -0.3 is 4.57 Å². The van der Waals surface area contributed by atoms with Crippen LogP contribution in [0, 0.1) is 0 Å². The van der Waals surface area contributed by atoms with Gasteiger partial charge in [0.2, 0.25) is 5.91 Å². The van der Waals surface area contributed by atoms with Crippen molar-refractivity contribution in [3.8, 4) is 0 Å². The third-order valence-electron chi connectivity index (χ3n) is 6.86. The summed E-state index contributed by atoms with van der Waals surface area (Å²) in [4.78, 5) is 12.7. The van der Waals surface area contributed by atoms with Gasteiger partial charge in [-0.05, 0) is 53.8 Å². The van der Waals surface area contributed by atoms with Crippen molar-refractivity contribution >= 4 is 44.2 Å². The molecule has 0 spiro atoms. The summed E-state index contributed by atoms with van der Waals surface area (Å²) in [5.41, 5.74) is 9.82. The van der Waals surface area contributed by atoms with E-state index in [4.69, 9.17) is 0 Å². The quantitative estimate of drug-likeness (QED) is 0.270. The highest BCUT2D eigenvalue weighted by molar-refractivity contribution is 6.11. The third kappa shape index (κ3) is 3.30. The van der Waals surface area contributed by atoms with Crippen LogP contribution in [-0.4, -0.2) is 16.2 Å². The molecule has 1 heterocycles. The van der Waals surface area contributed by atoms with Crippen molar-refractivity contribution in [3.63, 3.8) is 0 Å². The average Bonchev–Trinajstić information content (AvgIpc) is 3.42. The summed E-state index contributed by atoms with van der Waals surface area (Å²) in [5, 5.41) is 9.48. The van der Waals surface area contributed by atoms with Crippen molar-refractivity contribution in [3.05, 3.63) is 95.6 Å². The first-order valence-corrected chi connectivity index (χ1v) is 11.5. The molecular weight excluding hydrogens is 406 g/mol. The molecular formula is C29H25N3O. The Balaban J connectivity index is 1.22. The summed E-state index contributed by atoms with van der Waals surface area (Å²) >= 11 is 0. The van der Waals surface area contributed by atoms with Crippen LogP contribution in [-0.2, 0) is 24.2 Å². The Hall–Kier alpha value is -3.92. The number of benzene rings is 4. The largest absolute Gasteiger partial charge is 0.340 e. The molecule has 1 aromatic heterocycles. The highest BCUT2D eigenvalue weighted by Crippen LogP contribution is 2.33. The fourth-order valence-electron chi connectivity index (χ4n) is 5.28. The highest BCUT2D eigenvalue weighted by atomic mass is 16.2. The Bertz CT molecular complexity index is 1510. The SMILES string of the molecule is C/C(=N/NC(=O)CCn1c2ccccc2c2ccccc21)c1ccc2c3c(cccc13)CC2. The van der Waals surface area contributed by atoms with Gasteiger partial charge in [0, 0.05) is 40.3 Å². The molecule has 0 radical (unpaired) electrons. The Kier molecular flexibility index (Phi) is 4.72. The predicted octanol–water partition coefficient (Wildman–Crippen LogP) is 5.98. The molecule has 0 fully saturated rings. The molecule has 4 aromatic carbocycles. The Morgan fingerprint density at radius 3 is 2.18 bits per heavy atom. The van der Waals surface area contributed by atoms with E-state index in [1.54, 1.807) is 0 Å². The van der Waals surface area contributed by atoms with Gasteiger partial charge in [-0.25, -0.2) is 5.43 Å². The summed E-state index contributed by atoms with van der Waals surface area (Å²) < 4.78 is 2.23. The normalized spacial score (nSPS) is 13.3. The van der Waals surface area contributed by atoms with Gasteiger partial charge in [0.15, 0.2) is 0 Å². The van der Waals surface area contributed by atoms with Gasteiger partial charge in [0.1, 0.15) is 0 Å². The number of aromatic nitrogens is 1. The molecule has 1 aliphatic rings. The number of nitrogens with one attached hydrogen (secondary N) is 1. The molecule has 0 saturated heterocycles. The first-order chi connectivity index (χ1) is 16.2. The van der Waals surface area contributed by atoms with Crippen LogP contribution in [0.25, 0.3) is 32.6 Å². The van der Waals surface area contributed by atoms with E-state index in [1.807, 2.05) is 19.1 Å². The van der Waals surface area contributed by atoms with Crippen molar-refractivity contribution in [1.29, 1.82) is 0 Å². The van der Waals surface area contributed by atoms with Crippen LogP contribution >= 0.6 is 0 Å². The van der Waals surface area contributed by atoms with E-state index in [2.05, 4.69) is 81.8 Å². The number of carbonyl (C=O) groups is 1. The van der Waals surface area contributed by atoms with Crippen LogP contribution in [0.15, 0.2) is 84.0 Å². The molecule has 0 aliphatic heterocycles. The van der Waals surface area contributed by atoms with Gasteiger partial charge in [-0.1, -0.05) is 66.7 Å². The molecule has 6 rings (SSSR count). The molecule has 1 amide bonds. The molecule has 1 N–H and O–H groups in total. The van der Waals surface area contributed by atoms with Gasteiger partial charge in [0.05, 0.1) is 5.71 Å². The third-order valence-corrected chi connectivity index (χ3v) is 6.86. The Labute approximate surface area is 192 Å². The average molecular weight is 432 g/mol. The fourth-order valence-corrected chi connectivity index (χ4v) is 5.28. The molecule has 1 aliphatic carbocycles. The topological polar surface area (TPSA) is 46.4 Å². The molecule has 33 heavy (non-hydrogen) atoms. The van der Waals surface area contributed by atoms with E-state index in [1.165, 1.54) is 32.7 Å². The highest BCUT2D eigenvalue weighted by Gasteiger charge is 2.17. The molecule has 0 atom stereocenters. The number of amides is 1. The minimum Gasteiger partial charge on any atom is -0.340 e. The van der Waals surface area contributed by atoms with Crippen LogP contribution in [0.3, 0.4) is 0 Å². The van der Waals surface area contributed by atoms with Crippen LogP contribution in [0.5, 0.6) is 0 Å². The first-order valence-electron chi connectivity index (χ1n) is 11.5. The minimum atomic E-state index is -0.0813. The van der Waals surface area contributed by atoms with Crippen molar-refractivity contribution < 1.29 is 4.79 Å². The predicted molar refractivity (Wildman–Crippen MR) is 136 cm³/mol. The van der Waals surface area contributed by atoms with Crippen molar-refractivity contribution in [2.75, 3.05) is 0 Å². The Morgan fingerprint density at radius 2 is 1.45 bits per heavy atom. The molecule has 4 nitrogen and oxygen atoms in total. The maximum atomic E-state index is 12.7. The number of para-hydroxylation sites is 2. The van der Waals surface area contributed by atoms with E-state index in [0.717, 1.165) is 35.2 Å². The molecule has 4 heteroatoms. The second-order valence-corrected chi connectivity index (χ2v) is 8.78. The Morgan fingerprint density at radius 1 is 0.818 bits per heavy atom. The fraction of sp³-hybridized carbons (Fsp3) is 0.172. The van der Waals surface area contributed by atoms with Crippen molar-refractivity contribution in [2.24, 2.45) is 5.10 Å². The number of fused-ring (bicyclic) bond motifs is 3. The van der Waals surface area contributed by atoms with Crippen molar-refractivity contribution in [2.45, 2.75) is 32.7 Å². The van der Waals surface area contributed by atoms with E-state index in [0.29, 0.717) is 13.0 Å². The number of rotatable bonds is 5. The number of nitrogens with zero attached hydrogens (tertiary/aromatic N) is 2. The molecule has 0 saturated carbocycles. The van der Waals surface area contributed by atoms with Gasteiger partial charge in [0.25, 0.3) is 0 Å². The van der Waals surface area contributed by atoms with E-state index in [-0.39, 0.29) is 5.91 Å². The monoisotopic (exact) mass is 431 g/mol. The van der Waals surface area contributed by atoms with Crippen molar-refractivity contribution in [1.82, 2.24) is 9.99 Å². The van der Waals surface area contributed by atoms with Gasteiger partial charge >= 0.3 is 0 Å². The summed E-state index contributed by atoms with van der Waals surface area (Å²) in [6, 6.07) is 27.6. The lowest BCUT2D eigenvalue weighted by molar-refractivity contribution is -0.121. The zero-order valence-corrected chi connectivity index (χ0v) is 18.6. The standard InChI is InChI=1S/C29H25N3O/c1-19(22-16-15-21-14-13-20-7-6-10-25(22)29(20)21)30-31-28(33)17-18-32-26-11-4-2-8-23(26)24-9-3-5-12-27(24)32/h2-12,15-16H,13-14,17-18H2,1H3,(H,31,33)/b30-19-. The van der Waals surface area contributed by atoms with Crippen LogP contribution in [0.4, 0.5) is 0 Å². The molecule has 0 unspecified atom stereocenters. The smallest absolute Gasteiger partial charge is 0.241 e. The minimum absolute atomic E-state index is 0.0813. The lowest BCUT2D eigenvalue weighted by Gasteiger charge is -2.10. The molecule has 0 bridgehead atoms. The number of carbonyl (C=O) groups excluding carboxylic acids is 1. The lowest BCUT2D eigenvalue weighted by atomic mass is 9.98. The maximum Gasteiger partial charge on any atom is 0.241 e. The van der Waals surface area contributed by atoms with Crippen LogP contribution in [0.1, 0.15) is 30.0 Å². The summed E-state index contributed by atoms with van der Waals surface area (Å²) in [7, 11) is 0. The van der Waals surface area contributed by atoms with Crippen LogP contribution in [0.2, 0.25) is 0 Å². The zero-order chi connectivity index (χ0) is 22.4. The number of hydrogen-bond donors (Lipinski definition) is 1. The number of hydrazone groups is 1. The zero-order valence-electron chi connectivity index (χ0n) is 18.6. The summed E-state index contributed by atoms with van der Waals surface area (Å²) in [6.07, 6.45) is 2.57. The van der Waals surface area contributed by atoms with E-state index in [9.17, 15) is 4.79 Å². The second kappa shape index (κ2) is 7.89.